The molecule has 10 rings (SSSR count). The summed E-state index contributed by atoms with van der Waals surface area (Å²) in [7, 11) is 0. The summed E-state index contributed by atoms with van der Waals surface area (Å²) in [4.78, 5) is 2.52. The van der Waals surface area contributed by atoms with E-state index in [1.54, 1.807) is 0 Å². The first-order valence-corrected chi connectivity index (χ1v) is 18.5. The van der Waals surface area contributed by atoms with Crippen LogP contribution in [0.5, 0.6) is 0 Å². The Balaban J connectivity index is 1.29. The Morgan fingerprint density at radius 1 is 0.451 bits per heavy atom. The van der Waals surface area contributed by atoms with Crippen LogP contribution in [0.2, 0.25) is 0 Å². The third-order valence-corrected chi connectivity index (χ3v) is 12.1. The van der Waals surface area contributed by atoms with Crippen LogP contribution in [-0.2, 0) is 5.41 Å². The van der Waals surface area contributed by atoms with Crippen molar-refractivity contribution in [1.82, 2.24) is 0 Å². The molecule has 9 aromatic rings. The zero-order valence-corrected chi connectivity index (χ0v) is 29.4. The summed E-state index contributed by atoms with van der Waals surface area (Å²) >= 11 is 1.89. The normalized spacial score (nSPS) is 13.1. The van der Waals surface area contributed by atoms with Crippen LogP contribution in [0.15, 0.2) is 176 Å². The number of hydrogen-bond donors (Lipinski definition) is 0. The Morgan fingerprint density at radius 2 is 1.12 bits per heavy atom. The number of rotatable bonds is 5. The fourth-order valence-electron chi connectivity index (χ4n) is 8.47. The smallest absolute Gasteiger partial charge is 0.0546 e. The van der Waals surface area contributed by atoms with Crippen molar-refractivity contribution in [1.29, 1.82) is 0 Å². The van der Waals surface area contributed by atoms with Crippen molar-refractivity contribution in [3.63, 3.8) is 0 Å². The van der Waals surface area contributed by atoms with E-state index in [1.165, 1.54) is 75.5 Å². The lowest BCUT2D eigenvalue weighted by molar-refractivity contribution is 0.660. The van der Waals surface area contributed by atoms with Gasteiger partial charge in [0.1, 0.15) is 0 Å². The fourth-order valence-corrected chi connectivity index (χ4v) is 9.70. The van der Waals surface area contributed by atoms with Gasteiger partial charge in [-0.15, -0.1) is 11.3 Å². The Morgan fingerprint density at radius 3 is 2.00 bits per heavy atom. The highest BCUT2D eigenvalue weighted by molar-refractivity contribution is 7.26. The zero-order chi connectivity index (χ0) is 34.1. The minimum absolute atomic E-state index is 0.0673. The minimum atomic E-state index is -0.0673. The molecule has 0 spiro atoms. The molecule has 0 aliphatic heterocycles. The number of fused-ring (bicyclic) bond motifs is 7. The molecule has 0 fully saturated rings. The zero-order valence-electron chi connectivity index (χ0n) is 28.6. The second-order valence-corrected chi connectivity index (χ2v) is 15.1. The molecule has 1 aliphatic rings. The van der Waals surface area contributed by atoms with Crippen molar-refractivity contribution in [2.24, 2.45) is 0 Å². The van der Waals surface area contributed by atoms with Gasteiger partial charge < -0.3 is 4.90 Å². The average molecular weight is 670 g/mol. The lowest BCUT2D eigenvalue weighted by atomic mass is 9.82. The molecule has 0 unspecified atom stereocenters. The van der Waals surface area contributed by atoms with Crippen LogP contribution >= 0.6 is 11.3 Å². The van der Waals surface area contributed by atoms with Crippen molar-refractivity contribution < 1.29 is 0 Å². The predicted octanol–water partition coefficient (Wildman–Crippen LogP) is 14.3. The van der Waals surface area contributed by atoms with Gasteiger partial charge in [0, 0.05) is 48.0 Å². The Bertz CT molecular complexity index is 2790. The first-order valence-electron chi connectivity index (χ1n) is 17.7. The van der Waals surface area contributed by atoms with Crippen LogP contribution in [0.25, 0.3) is 64.3 Å². The van der Waals surface area contributed by atoms with E-state index in [1.807, 2.05) is 11.3 Å². The fraction of sp³-hybridized carbons (Fsp3) is 0.0612. The molecule has 0 bridgehead atoms. The molecule has 1 aliphatic carbocycles. The molecule has 0 N–H and O–H groups in total. The van der Waals surface area contributed by atoms with Crippen LogP contribution < -0.4 is 4.90 Å². The highest BCUT2D eigenvalue weighted by atomic mass is 32.1. The van der Waals surface area contributed by atoms with Gasteiger partial charge in [-0.3, -0.25) is 0 Å². The van der Waals surface area contributed by atoms with Crippen molar-refractivity contribution >= 4 is 59.3 Å². The summed E-state index contributed by atoms with van der Waals surface area (Å²) in [5.41, 5.74) is 13.7. The van der Waals surface area contributed by atoms with E-state index in [2.05, 4.69) is 195 Å². The SMILES string of the molecule is CC1(C)c2ccccc2-c2cc(N(c3ccccc3-c3cccc4c3sc3ccccc34)c3ccc4ccccc4c3-c3ccccc3)ccc21. The maximum atomic E-state index is 2.52. The number of thiophene rings is 1. The van der Waals surface area contributed by atoms with Crippen LogP contribution in [-0.4, -0.2) is 0 Å². The van der Waals surface area contributed by atoms with Gasteiger partial charge in [0.05, 0.1) is 11.4 Å². The Labute approximate surface area is 302 Å². The molecule has 1 aromatic heterocycles. The highest BCUT2D eigenvalue weighted by Crippen LogP contribution is 2.53. The molecular formula is C49H35NS. The Hall–Kier alpha value is -5.96. The van der Waals surface area contributed by atoms with Crippen LogP contribution in [0.1, 0.15) is 25.0 Å². The second kappa shape index (κ2) is 11.6. The number of hydrogen-bond acceptors (Lipinski definition) is 2. The van der Waals surface area contributed by atoms with Crippen molar-refractivity contribution in [3.05, 3.63) is 187 Å². The van der Waals surface area contributed by atoms with E-state index < -0.39 is 0 Å². The van der Waals surface area contributed by atoms with Gasteiger partial charge in [-0.1, -0.05) is 159 Å². The quantitative estimate of drug-likeness (QED) is 0.176. The van der Waals surface area contributed by atoms with E-state index in [-0.39, 0.29) is 5.41 Å². The van der Waals surface area contributed by atoms with Crippen LogP contribution in [0, 0.1) is 0 Å². The van der Waals surface area contributed by atoms with Crippen molar-refractivity contribution in [2.45, 2.75) is 19.3 Å². The van der Waals surface area contributed by atoms with Gasteiger partial charge >= 0.3 is 0 Å². The second-order valence-electron chi connectivity index (χ2n) is 14.1. The summed E-state index contributed by atoms with van der Waals surface area (Å²) in [6.07, 6.45) is 0. The third kappa shape index (κ3) is 4.60. The number of benzene rings is 8. The topological polar surface area (TPSA) is 3.24 Å². The van der Waals surface area contributed by atoms with Gasteiger partial charge in [0.15, 0.2) is 0 Å². The summed E-state index contributed by atoms with van der Waals surface area (Å²) in [6.45, 7) is 4.71. The van der Waals surface area contributed by atoms with Gasteiger partial charge in [-0.05, 0) is 68.9 Å². The minimum Gasteiger partial charge on any atom is -0.309 e. The number of para-hydroxylation sites is 1. The molecule has 1 nitrogen and oxygen atoms in total. The van der Waals surface area contributed by atoms with E-state index in [0.717, 1.165) is 17.1 Å². The van der Waals surface area contributed by atoms with Gasteiger partial charge in [0.2, 0.25) is 0 Å². The van der Waals surface area contributed by atoms with Crippen LogP contribution in [0.4, 0.5) is 17.1 Å². The first kappa shape index (κ1) is 29.9. The van der Waals surface area contributed by atoms with Crippen molar-refractivity contribution in [2.75, 3.05) is 4.90 Å². The maximum absolute atomic E-state index is 2.52. The lowest BCUT2D eigenvalue weighted by Crippen LogP contribution is -2.16. The molecule has 2 heteroatoms. The average Bonchev–Trinajstić information content (AvgIpc) is 3.67. The van der Waals surface area contributed by atoms with Gasteiger partial charge in [0.25, 0.3) is 0 Å². The Kier molecular flexibility index (Phi) is 6.78. The molecule has 51 heavy (non-hydrogen) atoms. The number of nitrogens with zero attached hydrogens (tertiary/aromatic N) is 1. The molecule has 0 radical (unpaired) electrons. The largest absolute Gasteiger partial charge is 0.309 e. The molecule has 0 atom stereocenters. The van der Waals surface area contributed by atoms with E-state index in [4.69, 9.17) is 0 Å². The summed E-state index contributed by atoms with van der Waals surface area (Å²) < 4.78 is 2.63. The van der Waals surface area contributed by atoms with Crippen molar-refractivity contribution in [3.8, 4) is 33.4 Å². The third-order valence-electron chi connectivity index (χ3n) is 10.9. The molecule has 1 heterocycles. The summed E-state index contributed by atoms with van der Waals surface area (Å²) in [6, 6.07) is 64.9. The number of anilines is 3. The molecule has 242 valence electrons. The monoisotopic (exact) mass is 669 g/mol. The standard InChI is InChI=1S/C49H35NS/c1-49(2)42-24-11-8-19-36(42)41-31-34(28-29-43(41)49)50(45-30-27-32-15-6-7-18-35(32)47(45)33-16-4-3-5-17-33)44-25-12-9-20-37(44)39-22-14-23-40-38-21-10-13-26-46(38)51-48(39)40/h3-31H,1-2H3. The van der Waals surface area contributed by atoms with Gasteiger partial charge in [-0.25, -0.2) is 0 Å². The first-order chi connectivity index (χ1) is 25.1. The molecule has 0 amide bonds. The molecular weight excluding hydrogens is 635 g/mol. The highest BCUT2D eigenvalue weighted by Gasteiger charge is 2.36. The van der Waals surface area contributed by atoms with E-state index in [9.17, 15) is 0 Å². The van der Waals surface area contributed by atoms with Gasteiger partial charge in [-0.2, -0.15) is 0 Å². The maximum Gasteiger partial charge on any atom is 0.0546 e. The van der Waals surface area contributed by atoms with E-state index in [0.29, 0.717) is 0 Å². The predicted molar refractivity (Wildman–Crippen MR) is 220 cm³/mol. The van der Waals surface area contributed by atoms with Crippen LogP contribution in [0.3, 0.4) is 0 Å². The van der Waals surface area contributed by atoms with E-state index >= 15 is 0 Å². The molecule has 0 saturated carbocycles. The summed E-state index contributed by atoms with van der Waals surface area (Å²) in [5.74, 6) is 0. The lowest BCUT2D eigenvalue weighted by Gasteiger charge is -2.31. The molecule has 8 aromatic carbocycles. The summed E-state index contributed by atoms with van der Waals surface area (Å²) in [5, 5.41) is 5.09. The molecule has 0 saturated heterocycles.